The highest BCUT2D eigenvalue weighted by molar-refractivity contribution is 6.12. The van der Waals surface area contributed by atoms with Crippen LogP contribution >= 0.6 is 0 Å². The van der Waals surface area contributed by atoms with Crippen LogP contribution < -0.4 is 9.80 Å². The van der Waals surface area contributed by atoms with E-state index in [-0.39, 0.29) is 0 Å². The van der Waals surface area contributed by atoms with Crippen molar-refractivity contribution in [2.24, 2.45) is 0 Å². The Kier molecular flexibility index (Phi) is 12.9. The van der Waals surface area contributed by atoms with Gasteiger partial charge in [0.1, 0.15) is 0 Å². The Labute approximate surface area is 469 Å². The molecule has 0 N–H and O–H groups in total. The number of anilines is 6. The zero-order valence-electron chi connectivity index (χ0n) is 43.6. The highest BCUT2D eigenvalue weighted by Gasteiger charge is 2.22. The van der Waals surface area contributed by atoms with Gasteiger partial charge in [0, 0.05) is 67.3 Å². The normalized spacial score (nSPS) is 10.9. The van der Waals surface area contributed by atoms with Gasteiger partial charge in [-0.15, -0.1) is 0 Å². The maximum absolute atomic E-state index is 10.9. The average molecular weight is 1040 g/mol. The number of fused-ring (bicyclic) bond motifs is 3. The first-order valence-electron chi connectivity index (χ1n) is 26.5. The van der Waals surface area contributed by atoms with Gasteiger partial charge in [0.25, 0.3) is 0 Å². The van der Waals surface area contributed by atoms with Crippen molar-refractivity contribution in [2.75, 3.05) is 9.80 Å². The minimum absolute atomic E-state index is 0.551. The molecule has 0 saturated carbocycles. The Morgan fingerprint density at radius 2 is 0.704 bits per heavy atom. The van der Waals surface area contributed by atoms with Gasteiger partial charge in [0.15, 0.2) is 5.82 Å². The van der Waals surface area contributed by atoms with Crippen LogP contribution in [0.1, 0.15) is 16.7 Å². The van der Waals surface area contributed by atoms with Gasteiger partial charge in [0.05, 0.1) is 57.3 Å². The third-order valence-electron chi connectivity index (χ3n) is 14.7. The van der Waals surface area contributed by atoms with E-state index in [1.807, 2.05) is 115 Å². The van der Waals surface area contributed by atoms with Crippen molar-refractivity contribution in [3.63, 3.8) is 0 Å². The summed E-state index contributed by atoms with van der Waals surface area (Å²) in [5, 5.41) is 32.3. The SMILES string of the molecule is N#Cc1ccc(N(c2ccc(C#N)cc2)c2ccc3c(c2)c2cc(N(c4ccccc4)c4ccccc4)ccc2n3-c2ccc(-c3ccc(-c4ccc(-c5cc(-c6ccccc6)nc(-c6ccccc6)n5)cc4)cc3)c(C#N)c2)cc1. The summed E-state index contributed by atoms with van der Waals surface area (Å²) in [5.74, 6) is 0.675. The molecule has 0 amide bonds. The van der Waals surface area contributed by atoms with Gasteiger partial charge < -0.3 is 14.4 Å². The Morgan fingerprint density at radius 1 is 0.309 bits per heavy atom. The molecule has 2 heterocycles. The molecule has 0 fully saturated rings. The number of aromatic nitrogens is 3. The lowest BCUT2D eigenvalue weighted by Gasteiger charge is -2.26. The molecule has 0 unspecified atom stereocenters. The average Bonchev–Trinajstić information content (AvgIpc) is 4.14. The Hall–Kier alpha value is -11.6. The molecule has 81 heavy (non-hydrogen) atoms. The lowest BCUT2D eigenvalue weighted by molar-refractivity contribution is 1.17. The predicted molar refractivity (Wildman–Crippen MR) is 327 cm³/mol. The second-order valence-electron chi connectivity index (χ2n) is 19.6. The van der Waals surface area contributed by atoms with Crippen molar-refractivity contribution in [3.8, 4) is 80.1 Å². The third-order valence-corrected chi connectivity index (χ3v) is 14.7. The van der Waals surface area contributed by atoms with Crippen molar-refractivity contribution in [1.82, 2.24) is 14.5 Å². The first-order chi connectivity index (χ1) is 40.0. The van der Waals surface area contributed by atoms with Crippen LogP contribution in [0.5, 0.6) is 0 Å². The third kappa shape index (κ3) is 9.57. The molecule has 8 heteroatoms. The molecule has 8 nitrogen and oxygen atoms in total. The fourth-order valence-corrected chi connectivity index (χ4v) is 10.7. The molecular weight excluding hydrogens is 989 g/mol. The van der Waals surface area contributed by atoms with E-state index in [0.717, 1.165) is 112 Å². The van der Waals surface area contributed by atoms with Crippen molar-refractivity contribution < 1.29 is 0 Å². The highest BCUT2D eigenvalue weighted by atomic mass is 15.1. The summed E-state index contributed by atoms with van der Waals surface area (Å²) in [7, 11) is 0. The molecular formula is C73H46N8. The maximum Gasteiger partial charge on any atom is 0.160 e. The zero-order chi connectivity index (χ0) is 54.7. The van der Waals surface area contributed by atoms with Gasteiger partial charge >= 0.3 is 0 Å². The molecule has 378 valence electrons. The van der Waals surface area contributed by atoms with Crippen LogP contribution in [0.2, 0.25) is 0 Å². The van der Waals surface area contributed by atoms with Crippen LogP contribution in [-0.2, 0) is 0 Å². The summed E-state index contributed by atoms with van der Waals surface area (Å²) < 4.78 is 2.24. The largest absolute Gasteiger partial charge is 0.310 e. The van der Waals surface area contributed by atoms with Gasteiger partial charge in [-0.2, -0.15) is 15.8 Å². The molecule has 2 aromatic heterocycles. The summed E-state index contributed by atoms with van der Waals surface area (Å²) in [6.07, 6.45) is 0. The van der Waals surface area contributed by atoms with Gasteiger partial charge in [-0.05, 0) is 150 Å². The van der Waals surface area contributed by atoms with E-state index in [1.165, 1.54) is 0 Å². The molecule has 0 bridgehead atoms. The van der Waals surface area contributed by atoms with E-state index in [9.17, 15) is 15.8 Å². The predicted octanol–water partition coefficient (Wildman–Crippen LogP) is 18.5. The van der Waals surface area contributed by atoms with E-state index in [1.54, 1.807) is 0 Å². The molecule has 11 aromatic carbocycles. The van der Waals surface area contributed by atoms with E-state index < -0.39 is 0 Å². The smallest absolute Gasteiger partial charge is 0.160 e. The molecule has 13 aromatic rings. The monoisotopic (exact) mass is 1030 g/mol. The molecule has 0 saturated heterocycles. The Balaban J connectivity index is 0.880. The van der Waals surface area contributed by atoms with Crippen LogP contribution in [0.3, 0.4) is 0 Å². The highest BCUT2D eigenvalue weighted by Crippen LogP contribution is 2.44. The van der Waals surface area contributed by atoms with Crippen LogP contribution in [0.15, 0.2) is 279 Å². The molecule has 0 atom stereocenters. The van der Waals surface area contributed by atoms with E-state index >= 15 is 0 Å². The van der Waals surface area contributed by atoms with E-state index in [0.29, 0.717) is 22.5 Å². The number of hydrogen-bond acceptors (Lipinski definition) is 7. The van der Waals surface area contributed by atoms with Gasteiger partial charge in [-0.25, -0.2) is 9.97 Å². The van der Waals surface area contributed by atoms with Crippen molar-refractivity contribution in [2.45, 2.75) is 0 Å². The number of rotatable bonds is 12. The minimum atomic E-state index is 0.551. The number of benzene rings is 11. The zero-order valence-corrected chi connectivity index (χ0v) is 43.6. The fourth-order valence-electron chi connectivity index (χ4n) is 10.7. The topological polar surface area (TPSA) is 109 Å². The van der Waals surface area contributed by atoms with Crippen molar-refractivity contribution in [1.29, 1.82) is 15.8 Å². The summed E-state index contributed by atoms with van der Waals surface area (Å²) in [4.78, 5) is 14.4. The first-order valence-corrected chi connectivity index (χ1v) is 26.5. The molecule has 0 spiro atoms. The number of hydrogen-bond donors (Lipinski definition) is 0. The van der Waals surface area contributed by atoms with E-state index in [2.05, 4.69) is 196 Å². The van der Waals surface area contributed by atoms with Crippen LogP contribution in [0, 0.1) is 34.0 Å². The summed E-state index contributed by atoms with van der Waals surface area (Å²) >= 11 is 0. The Morgan fingerprint density at radius 3 is 1.16 bits per heavy atom. The lowest BCUT2D eigenvalue weighted by Crippen LogP contribution is -2.10. The van der Waals surface area contributed by atoms with Crippen LogP contribution in [0.4, 0.5) is 34.1 Å². The first kappa shape index (κ1) is 49.0. The van der Waals surface area contributed by atoms with Crippen LogP contribution in [-0.4, -0.2) is 14.5 Å². The van der Waals surface area contributed by atoms with Gasteiger partial charge in [0.2, 0.25) is 0 Å². The second-order valence-corrected chi connectivity index (χ2v) is 19.6. The fraction of sp³-hybridized carbons (Fsp3) is 0. The molecule has 0 aliphatic carbocycles. The van der Waals surface area contributed by atoms with Gasteiger partial charge in [-0.1, -0.05) is 152 Å². The summed E-state index contributed by atoms with van der Waals surface area (Å²) in [5.41, 5.74) is 18.6. The van der Waals surface area contributed by atoms with Gasteiger partial charge in [-0.3, -0.25) is 0 Å². The molecule has 0 aliphatic rings. The second kappa shape index (κ2) is 21.4. The maximum atomic E-state index is 10.9. The summed E-state index contributed by atoms with van der Waals surface area (Å²) in [6, 6.07) is 101. The standard InChI is InChI=1S/C73H46N8/c74-47-50-21-33-61(34-22-50)80(62-35-23-51(48-75)24-36-62)65-39-42-72-68(45-65)67-44-64(79(59-17-9-3-10-18-59)60-19-11-4-12-20-60)38-41-71(67)81(72)63-37-40-66(58(43-63)49-76)54-29-25-52(26-30-54)53-27-31-56(32-28-53)70-46-69(55-13-5-1-6-14-55)77-73(78-70)57-15-7-2-8-16-57/h1-46H. The number of nitrogens with zero attached hydrogens (tertiary/aromatic N) is 8. The summed E-state index contributed by atoms with van der Waals surface area (Å²) in [6.45, 7) is 0. The number of nitriles is 3. The van der Waals surface area contributed by atoms with Crippen molar-refractivity contribution in [3.05, 3.63) is 296 Å². The van der Waals surface area contributed by atoms with Crippen LogP contribution in [0.25, 0.3) is 83.6 Å². The molecule has 13 rings (SSSR count). The number of para-hydroxylation sites is 2. The molecule has 0 radical (unpaired) electrons. The Bertz CT molecular complexity index is 4400. The molecule has 0 aliphatic heterocycles. The van der Waals surface area contributed by atoms with Crippen molar-refractivity contribution >= 4 is 55.9 Å². The lowest BCUT2D eigenvalue weighted by atomic mass is 9.96. The quantitative estimate of drug-likeness (QED) is 0.120. The minimum Gasteiger partial charge on any atom is -0.310 e. The van der Waals surface area contributed by atoms with E-state index in [4.69, 9.17) is 9.97 Å².